The highest BCUT2D eigenvalue weighted by atomic mass is 16.5. The van der Waals surface area contributed by atoms with E-state index in [0.29, 0.717) is 0 Å². The Morgan fingerprint density at radius 1 is 1.00 bits per heavy atom. The van der Waals surface area contributed by atoms with Crippen molar-refractivity contribution in [1.82, 2.24) is 0 Å². The molecule has 3 rings (SSSR count). The Bertz CT molecular complexity index is 653. The Morgan fingerprint density at radius 2 is 1.85 bits per heavy atom. The zero-order chi connectivity index (χ0) is 13.9. The highest BCUT2D eigenvalue weighted by molar-refractivity contribution is 5.84. The molecule has 0 amide bonds. The average molecular weight is 264 g/mol. The molecule has 20 heavy (non-hydrogen) atoms. The summed E-state index contributed by atoms with van der Waals surface area (Å²) in [5.74, 6) is 0.955. The van der Waals surface area contributed by atoms with E-state index in [1.54, 1.807) is 7.11 Å². The summed E-state index contributed by atoms with van der Waals surface area (Å²) in [4.78, 5) is 0. The van der Waals surface area contributed by atoms with Crippen LogP contribution in [0.1, 0.15) is 35.1 Å². The van der Waals surface area contributed by atoms with E-state index in [2.05, 4.69) is 55.5 Å². The summed E-state index contributed by atoms with van der Waals surface area (Å²) in [6.07, 6.45) is 5.81. The van der Waals surface area contributed by atoms with Crippen LogP contribution < -0.4 is 4.74 Å². The van der Waals surface area contributed by atoms with Crippen LogP contribution in [0.15, 0.2) is 42.5 Å². The molecule has 102 valence electrons. The molecule has 0 N–H and O–H groups in total. The number of fused-ring (bicyclic) bond motifs is 1. The third-order valence-electron chi connectivity index (χ3n) is 4.06. The van der Waals surface area contributed by atoms with Crippen molar-refractivity contribution in [3.8, 4) is 5.75 Å². The Morgan fingerprint density at radius 3 is 2.65 bits per heavy atom. The number of allylic oxidation sites excluding steroid dienone is 1. The molecule has 0 saturated carbocycles. The van der Waals surface area contributed by atoms with Crippen molar-refractivity contribution in [3.05, 3.63) is 64.7 Å². The van der Waals surface area contributed by atoms with Gasteiger partial charge < -0.3 is 4.74 Å². The van der Waals surface area contributed by atoms with Gasteiger partial charge in [0, 0.05) is 0 Å². The van der Waals surface area contributed by atoms with Gasteiger partial charge in [0.1, 0.15) is 5.75 Å². The van der Waals surface area contributed by atoms with Crippen LogP contribution in [-0.2, 0) is 6.42 Å². The molecule has 0 fully saturated rings. The van der Waals surface area contributed by atoms with Gasteiger partial charge in [0.15, 0.2) is 0 Å². The first-order valence-corrected chi connectivity index (χ1v) is 7.21. The molecule has 1 nitrogen and oxygen atoms in total. The molecule has 0 heterocycles. The lowest BCUT2D eigenvalue weighted by Gasteiger charge is -2.09. The molecule has 1 aliphatic carbocycles. The molecule has 0 radical (unpaired) electrons. The monoisotopic (exact) mass is 264 g/mol. The van der Waals surface area contributed by atoms with Crippen LogP contribution >= 0.6 is 0 Å². The van der Waals surface area contributed by atoms with Crippen LogP contribution in [0.2, 0.25) is 0 Å². The number of rotatable bonds is 2. The number of ether oxygens (including phenoxy) is 1. The van der Waals surface area contributed by atoms with Gasteiger partial charge in [-0.1, -0.05) is 36.4 Å². The molecule has 0 saturated heterocycles. The molecule has 0 unspecified atom stereocenters. The Hall–Kier alpha value is -2.02. The highest BCUT2D eigenvalue weighted by Crippen LogP contribution is 2.32. The second-order valence-electron chi connectivity index (χ2n) is 5.40. The SMILES string of the molecule is COc1ccc2c(c1)CCCC(c1ccccc1C)=C2. The maximum absolute atomic E-state index is 5.33. The standard InChI is InChI=1S/C19H20O/c1-14-6-3-4-9-19(14)17-8-5-7-15-13-18(20-2)11-10-16(15)12-17/h3-4,6,9-13H,5,7-8H2,1-2H3. The minimum atomic E-state index is 0.955. The highest BCUT2D eigenvalue weighted by Gasteiger charge is 2.12. The van der Waals surface area contributed by atoms with Gasteiger partial charge in [0.05, 0.1) is 7.11 Å². The summed E-state index contributed by atoms with van der Waals surface area (Å²) in [6, 6.07) is 15.1. The summed E-state index contributed by atoms with van der Waals surface area (Å²) in [7, 11) is 1.73. The summed E-state index contributed by atoms with van der Waals surface area (Å²) >= 11 is 0. The van der Waals surface area contributed by atoms with Gasteiger partial charge in [0.25, 0.3) is 0 Å². The minimum absolute atomic E-state index is 0.955. The van der Waals surface area contributed by atoms with Gasteiger partial charge in [-0.15, -0.1) is 0 Å². The molecule has 0 spiro atoms. The van der Waals surface area contributed by atoms with Crippen molar-refractivity contribution < 1.29 is 4.74 Å². The Balaban J connectivity index is 2.05. The Kier molecular flexibility index (Phi) is 3.60. The van der Waals surface area contributed by atoms with Gasteiger partial charge in [-0.05, 0) is 66.1 Å². The second kappa shape index (κ2) is 5.54. The lowest BCUT2D eigenvalue weighted by molar-refractivity contribution is 0.414. The molecule has 1 aliphatic rings. The van der Waals surface area contributed by atoms with Crippen LogP contribution in [0.4, 0.5) is 0 Å². The topological polar surface area (TPSA) is 9.23 Å². The molecule has 2 aromatic carbocycles. The van der Waals surface area contributed by atoms with Crippen molar-refractivity contribution in [1.29, 1.82) is 0 Å². The third-order valence-corrected chi connectivity index (χ3v) is 4.06. The van der Waals surface area contributed by atoms with E-state index in [1.807, 2.05) is 0 Å². The normalized spacial score (nSPS) is 14.2. The second-order valence-corrected chi connectivity index (χ2v) is 5.40. The molecule has 2 aromatic rings. The van der Waals surface area contributed by atoms with E-state index in [9.17, 15) is 0 Å². The quantitative estimate of drug-likeness (QED) is 0.751. The van der Waals surface area contributed by atoms with E-state index in [-0.39, 0.29) is 0 Å². The van der Waals surface area contributed by atoms with Crippen LogP contribution in [0.25, 0.3) is 11.6 Å². The Labute approximate surface area is 120 Å². The van der Waals surface area contributed by atoms with Crippen LogP contribution in [0.5, 0.6) is 5.75 Å². The summed E-state index contributed by atoms with van der Waals surface area (Å²) in [6.45, 7) is 2.19. The first-order chi connectivity index (χ1) is 9.78. The predicted octanol–water partition coefficient (Wildman–Crippen LogP) is 4.88. The largest absolute Gasteiger partial charge is 0.497 e. The zero-order valence-corrected chi connectivity index (χ0v) is 12.1. The first-order valence-electron chi connectivity index (χ1n) is 7.21. The number of hydrogen-bond donors (Lipinski definition) is 0. The van der Waals surface area contributed by atoms with Gasteiger partial charge in [0.2, 0.25) is 0 Å². The van der Waals surface area contributed by atoms with Crippen LogP contribution in [0.3, 0.4) is 0 Å². The smallest absolute Gasteiger partial charge is 0.119 e. The lowest BCUT2D eigenvalue weighted by atomic mass is 9.96. The summed E-state index contributed by atoms with van der Waals surface area (Å²) in [5.41, 5.74) is 6.92. The van der Waals surface area contributed by atoms with Gasteiger partial charge >= 0.3 is 0 Å². The molecular formula is C19H20O. The van der Waals surface area contributed by atoms with Gasteiger partial charge in [-0.3, -0.25) is 0 Å². The van der Waals surface area contributed by atoms with E-state index < -0.39 is 0 Å². The van der Waals surface area contributed by atoms with E-state index >= 15 is 0 Å². The fraction of sp³-hybridized carbons (Fsp3) is 0.263. The predicted molar refractivity (Wildman–Crippen MR) is 85.0 cm³/mol. The summed E-state index contributed by atoms with van der Waals surface area (Å²) < 4.78 is 5.33. The van der Waals surface area contributed by atoms with E-state index in [0.717, 1.165) is 18.6 Å². The molecule has 0 aromatic heterocycles. The van der Waals surface area contributed by atoms with Crippen molar-refractivity contribution >= 4 is 11.6 Å². The molecule has 0 bridgehead atoms. The van der Waals surface area contributed by atoms with Crippen molar-refractivity contribution in [3.63, 3.8) is 0 Å². The van der Waals surface area contributed by atoms with Crippen LogP contribution in [-0.4, -0.2) is 7.11 Å². The zero-order valence-electron chi connectivity index (χ0n) is 12.1. The number of methoxy groups -OCH3 is 1. The lowest BCUT2D eigenvalue weighted by Crippen LogP contribution is -1.90. The number of benzene rings is 2. The average Bonchev–Trinajstić information content (AvgIpc) is 2.69. The third kappa shape index (κ3) is 2.49. The fourth-order valence-corrected chi connectivity index (χ4v) is 2.94. The summed E-state index contributed by atoms with van der Waals surface area (Å²) in [5, 5.41) is 0. The van der Waals surface area contributed by atoms with E-state index in [4.69, 9.17) is 4.74 Å². The minimum Gasteiger partial charge on any atom is -0.497 e. The van der Waals surface area contributed by atoms with Crippen molar-refractivity contribution in [2.24, 2.45) is 0 Å². The maximum Gasteiger partial charge on any atom is 0.119 e. The maximum atomic E-state index is 5.33. The van der Waals surface area contributed by atoms with E-state index in [1.165, 1.54) is 34.2 Å². The first kappa shape index (κ1) is 13.0. The molecule has 0 aliphatic heterocycles. The van der Waals surface area contributed by atoms with Crippen molar-refractivity contribution in [2.45, 2.75) is 26.2 Å². The molecule has 1 heteroatoms. The number of aryl methyl sites for hydroxylation is 2. The van der Waals surface area contributed by atoms with Crippen molar-refractivity contribution in [2.75, 3.05) is 7.11 Å². The molecular weight excluding hydrogens is 244 g/mol. The fourth-order valence-electron chi connectivity index (χ4n) is 2.94. The number of hydrogen-bond acceptors (Lipinski definition) is 1. The van der Waals surface area contributed by atoms with Gasteiger partial charge in [-0.25, -0.2) is 0 Å². The van der Waals surface area contributed by atoms with Gasteiger partial charge in [-0.2, -0.15) is 0 Å². The molecule has 0 atom stereocenters. The van der Waals surface area contributed by atoms with Crippen LogP contribution in [0, 0.1) is 6.92 Å².